The van der Waals surface area contributed by atoms with Crippen LogP contribution in [0.1, 0.15) is 16.1 Å². The molecule has 0 unspecified atom stereocenters. The molecular formula is C22H20BrNO5. The second kappa shape index (κ2) is 8.96. The lowest BCUT2D eigenvalue weighted by Crippen LogP contribution is -2.27. The van der Waals surface area contributed by atoms with Crippen molar-refractivity contribution in [2.75, 3.05) is 27.8 Å². The number of likely N-dealkylation sites (N-methyl/N-ethyl adjacent to an activating group) is 1. The van der Waals surface area contributed by atoms with Crippen LogP contribution in [0.15, 0.2) is 57.4 Å². The van der Waals surface area contributed by atoms with Crippen molar-refractivity contribution in [2.45, 2.75) is 0 Å². The number of methoxy groups -OCH3 is 1. The van der Waals surface area contributed by atoms with Gasteiger partial charge in [-0.3, -0.25) is 9.59 Å². The second-order valence-electron chi connectivity index (χ2n) is 6.46. The van der Waals surface area contributed by atoms with E-state index in [-0.39, 0.29) is 24.1 Å². The highest BCUT2D eigenvalue weighted by Crippen LogP contribution is 2.37. The zero-order chi connectivity index (χ0) is 21.0. The number of allylic oxidation sites excluding steroid dienone is 1. The minimum Gasteiger partial charge on any atom is -0.493 e. The highest BCUT2D eigenvalue weighted by Gasteiger charge is 2.14. The van der Waals surface area contributed by atoms with Crippen LogP contribution in [0.2, 0.25) is 0 Å². The maximum atomic E-state index is 12.4. The molecule has 0 saturated carbocycles. The van der Waals surface area contributed by atoms with Gasteiger partial charge < -0.3 is 18.8 Å². The van der Waals surface area contributed by atoms with Crippen LogP contribution < -0.4 is 9.47 Å². The molecule has 2 aromatic carbocycles. The fourth-order valence-corrected chi connectivity index (χ4v) is 3.17. The Morgan fingerprint density at radius 3 is 2.62 bits per heavy atom. The fourth-order valence-electron chi connectivity index (χ4n) is 2.60. The number of amides is 1. The van der Waals surface area contributed by atoms with Gasteiger partial charge in [0.15, 0.2) is 23.9 Å². The van der Waals surface area contributed by atoms with Gasteiger partial charge in [0.1, 0.15) is 5.58 Å². The second-order valence-corrected chi connectivity index (χ2v) is 7.31. The van der Waals surface area contributed by atoms with Gasteiger partial charge in [-0.1, -0.05) is 24.3 Å². The summed E-state index contributed by atoms with van der Waals surface area (Å²) in [6.07, 6.45) is 3.10. The summed E-state index contributed by atoms with van der Waals surface area (Å²) in [5.41, 5.74) is 1.40. The van der Waals surface area contributed by atoms with E-state index in [9.17, 15) is 9.59 Å². The number of para-hydroxylation sites is 1. The lowest BCUT2D eigenvalue weighted by atomic mass is 10.1. The Balaban J connectivity index is 1.78. The molecule has 1 amide bonds. The fraction of sp³-hybridized carbons (Fsp3) is 0.182. The van der Waals surface area contributed by atoms with Crippen molar-refractivity contribution >= 4 is 44.7 Å². The largest absolute Gasteiger partial charge is 0.493 e. The average Bonchev–Trinajstić information content (AvgIpc) is 3.14. The number of ketones is 1. The summed E-state index contributed by atoms with van der Waals surface area (Å²) in [7, 11) is 4.82. The summed E-state index contributed by atoms with van der Waals surface area (Å²) in [6.45, 7) is -0.109. The van der Waals surface area contributed by atoms with E-state index in [1.165, 1.54) is 18.1 Å². The first kappa shape index (κ1) is 20.7. The molecule has 0 atom stereocenters. The Kier molecular flexibility index (Phi) is 6.39. The van der Waals surface area contributed by atoms with Gasteiger partial charge in [-0.25, -0.2) is 0 Å². The van der Waals surface area contributed by atoms with Crippen LogP contribution in [0.5, 0.6) is 11.5 Å². The van der Waals surface area contributed by atoms with Crippen molar-refractivity contribution in [1.82, 2.24) is 4.90 Å². The van der Waals surface area contributed by atoms with E-state index < -0.39 is 0 Å². The number of hydrogen-bond donors (Lipinski definition) is 0. The molecule has 29 heavy (non-hydrogen) atoms. The third kappa shape index (κ3) is 4.86. The van der Waals surface area contributed by atoms with E-state index in [4.69, 9.17) is 13.9 Å². The molecule has 7 heteroatoms. The summed E-state index contributed by atoms with van der Waals surface area (Å²) in [4.78, 5) is 25.6. The normalized spacial score (nSPS) is 11.0. The maximum Gasteiger partial charge on any atom is 0.259 e. The zero-order valence-electron chi connectivity index (χ0n) is 16.3. The number of fused-ring (bicyclic) bond motifs is 1. The number of halogens is 1. The summed E-state index contributed by atoms with van der Waals surface area (Å²) in [5, 5.41) is 0.877. The molecule has 0 aliphatic rings. The van der Waals surface area contributed by atoms with E-state index in [1.54, 1.807) is 38.4 Å². The van der Waals surface area contributed by atoms with E-state index in [2.05, 4.69) is 15.9 Å². The van der Waals surface area contributed by atoms with Gasteiger partial charge in [0.25, 0.3) is 5.91 Å². The Morgan fingerprint density at radius 1 is 1.17 bits per heavy atom. The van der Waals surface area contributed by atoms with Crippen molar-refractivity contribution in [1.29, 1.82) is 0 Å². The molecule has 1 aromatic heterocycles. The zero-order valence-corrected chi connectivity index (χ0v) is 17.9. The molecule has 0 radical (unpaired) electrons. The van der Waals surface area contributed by atoms with E-state index in [0.717, 1.165) is 10.9 Å². The Labute approximate surface area is 176 Å². The van der Waals surface area contributed by atoms with Gasteiger partial charge in [0, 0.05) is 19.5 Å². The Bertz CT molecular complexity index is 1050. The molecular weight excluding hydrogens is 438 g/mol. The first-order valence-electron chi connectivity index (χ1n) is 8.80. The van der Waals surface area contributed by atoms with Gasteiger partial charge >= 0.3 is 0 Å². The first-order chi connectivity index (χ1) is 13.9. The van der Waals surface area contributed by atoms with E-state index in [1.807, 2.05) is 24.3 Å². The van der Waals surface area contributed by atoms with Gasteiger partial charge in [-0.05, 0) is 51.8 Å². The number of benzene rings is 2. The summed E-state index contributed by atoms with van der Waals surface area (Å²) < 4.78 is 17.2. The van der Waals surface area contributed by atoms with Gasteiger partial charge in [0.2, 0.25) is 5.78 Å². The molecule has 6 nitrogen and oxygen atoms in total. The van der Waals surface area contributed by atoms with Crippen molar-refractivity contribution in [3.8, 4) is 11.5 Å². The van der Waals surface area contributed by atoms with Crippen LogP contribution in [0.3, 0.4) is 0 Å². The number of nitrogens with zero attached hydrogens (tertiary/aromatic N) is 1. The lowest BCUT2D eigenvalue weighted by molar-refractivity contribution is -0.130. The third-order valence-corrected chi connectivity index (χ3v) is 4.78. The molecule has 0 saturated heterocycles. The smallest absolute Gasteiger partial charge is 0.259 e. The quantitative estimate of drug-likeness (QED) is 0.384. The molecule has 0 spiro atoms. The lowest BCUT2D eigenvalue weighted by Gasteiger charge is -2.15. The molecule has 1 heterocycles. The number of rotatable bonds is 7. The van der Waals surface area contributed by atoms with E-state index in [0.29, 0.717) is 21.6 Å². The number of furan rings is 1. The SMILES string of the molecule is COc1cc(C=CC(=O)c2cc3ccccc3o2)cc(Br)c1OCC(=O)N(C)C. The number of carbonyl (C=O) groups excluding carboxylic acids is 2. The van der Waals surface area contributed by atoms with Crippen molar-refractivity contribution in [2.24, 2.45) is 0 Å². The Hall–Kier alpha value is -3.06. The topological polar surface area (TPSA) is 69.0 Å². The molecule has 0 fully saturated rings. The Morgan fingerprint density at radius 2 is 1.93 bits per heavy atom. The van der Waals surface area contributed by atoms with Crippen LogP contribution in [-0.4, -0.2) is 44.4 Å². The number of ether oxygens (including phenoxy) is 2. The highest BCUT2D eigenvalue weighted by atomic mass is 79.9. The molecule has 150 valence electrons. The number of hydrogen-bond acceptors (Lipinski definition) is 5. The van der Waals surface area contributed by atoms with Crippen LogP contribution in [0.4, 0.5) is 0 Å². The first-order valence-corrected chi connectivity index (χ1v) is 9.60. The average molecular weight is 458 g/mol. The van der Waals surface area contributed by atoms with Crippen molar-refractivity contribution in [3.63, 3.8) is 0 Å². The number of carbonyl (C=O) groups is 2. The van der Waals surface area contributed by atoms with Gasteiger partial charge in [0.05, 0.1) is 11.6 Å². The molecule has 0 bridgehead atoms. The van der Waals surface area contributed by atoms with Crippen LogP contribution in [-0.2, 0) is 4.79 Å². The standard InChI is InChI=1S/C22H20BrNO5/c1-24(2)21(26)13-28-22-16(23)10-14(11-20(22)27-3)8-9-17(25)19-12-15-6-4-5-7-18(15)29-19/h4-12H,13H2,1-3H3. The maximum absolute atomic E-state index is 12.4. The van der Waals surface area contributed by atoms with Crippen LogP contribution in [0.25, 0.3) is 17.0 Å². The minimum absolute atomic E-state index is 0.109. The molecule has 3 rings (SSSR count). The van der Waals surface area contributed by atoms with E-state index >= 15 is 0 Å². The third-order valence-electron chi connectivity index (χ3n) is 4.19. The predicted molar refractivity (Wildman–Crippen MR) is 114 cm³/mol. The minimum atomic E-state index is -0.242. The van der Waals surface area contributed by atoms with Crippen LogP contribution >= 0.6 is 15.9 Å². The van der Waals surface area contributed by atoms with Crippen LogP contribution in [0, 0.1) is 0 Å². The van der Waals surface area contributed by atoms with Gasteiger partial charge in [-0.15, -0.1) is 0 Å². The van der Waals surface area contributed by atoms with Gasteiger partial charge in [-0.2, -0.15) is 0 Å². The predicted octanol–water partition coefficient (Wildman–Crippen LogP) is 4.57. The molecule has 3 aromatic rings. The highest BCUT2D eigenvalue weighted by molar-refractivity contribution is 9.10. The molecule has 0 N–H and O–H groups in total. The summed E-state index contributed by atoms with van der Waals surface area (Å²) in [5.74, 6) is 0.730. The monoisotopic (exact) mass is 457 g/mol. The molecule has 0 aliphatic heterocycles. The van der Waals surface area contributed by atoms with Crippen molar-refractivity contribution < 1.29 is 23.5 Å². The van der Waals surface area contributed by atoms with Crippen molar-refractivity contribution in [3.05, 3.63) is 64.3 Å². The summed E-state index contributed by atoms with van der Waals surface area (Å²) in [6, 6.07) is 12.7. The molecule has 0 aliphatic carbocycles. The summed E-state index contributed by atoms with van der Waals surface area (Å²) >= 11 is 3.43.